The van der Waals surface area contributed by atoms with Crippen LogP contribution in [0.3, 0.4) is 0 Å². The molecule has 0 saturated carbocycles. The van der Waals surface area contributed by atoms with Crippen molar-refractivity contribution >= 4 is 24.7 Å². The van der Waals surface area contributed by atoms with Crippen LogP contribution in [0.5, 0.6) is 0 Å². The molecular weight excluding hydrogens is 523 g/mol. The average Bonchev–Trinajstić information content (AvgIpc) is 3.47. The number of aliphatic hydroxyl groups is 2. The van der Waals surface area contributed by atoms with Crippen molar-refractivity contribution in [1.29, 1.82) is 0 Å². The largest absolute Gasteiger partial charge is 0.406 e. The van der Waals surface area contributed by atoms with Crippen molar-refractivity contribution in [1.82, 2.24) is 24.6 Å². The number of hydrogen-bond donors (Lipinski definition) is 4. The number of nitrogens with two attached hydrogens (primary N) is 1. The second-order valence-corrected chi connectivity index (χ2v) is 11.2. The molecule has 5 atom stereocenters. The summed E-state index contributed by atoms with van der Waals surface area (Å²) >= 11 is 0. The van der Waals surface area contributed by atoms with Gasteiger partial charge in [0.05, 0.1) is 19.5 Å². The van der Waals surface area contributed by atoms with Crippen LogP contribution in [-0.4, -0.2) is 54.7 Å². The average molecular weight is 555 g/mol. The van der Waals surface area contributed by atoms with Gasteiger partial charge in [-0.05, 0) is 30.5 Å². The Morgan fingerprint density at radius 2 is 1.79 bits per heavy atom. The van der Waals surface area contributed by atoms with Crippen LogP contribution in [0.15, 0.2) is 60.9 Å². The number of anilines is 1. The standard InChI is InChI=1S/C26H31N6O6P/c1-16-8-6-7-11-19(16)13-36-39(35,29-12-18-9-4-3-5-10-18)37-14-20-22(33)23(34)26(38-20)32-15-28-21-24(27)30-17(2)31-25(21)32/h3-11,15,20,22-23,26,33-34H,12-14H2,1-2H3,(H,29,35)(H2,27,30,31). The van der Waals surface area contributed by atoms with E-state index in [-0.39, 0.29) is 25.6 Å². The Hall–Kier alpha value is -3.22. The number of imidazole rings is 1. The lowest BCUT2D eigenvalue weighted by molar-refractivity contribution is -0.0495. The third-order valence-corrected chi connectivity index (χ3v) is 8.05. The molecule has 206 valence electrons. The first-order valence-electron chi connectivity index (χ1n) is 12.4. The second kappa shape index (κ2) is 11.5. The summed E-state index contributed by atoms with van der Waals surface area (Å²) in [7, 11) is -3.88. The predicted octanol–water partition coefficient (Wildman–Crippen LogP) is 2.78. The van der Waals surface area contributed by atoms with Crippen LogP contribution in [0.4, 0.5) is 5.82 Å². The molecule has 1 saturated heterocycles. The van der Waals surface area contributed by atoms with Crippen LogP contribution in [0, 0.1) is 13.8 Å². The van der Waals surface area contributed by atoms with Gasteiger partial charge < -0.3 is 20.7 Å². The van der Waals surface area contributed by atoms with Gasteiger partial charge in [-0.2, -0.15) is 0 Å². The Kier molecular flexibility index (Phi) is 8.06. The van der Waals surface area contributed by atoms with Crippen molar-refractivity contribution in [2.24, 2.45) is 0 Å². The van der Waals surface area contributed by atoms with Crippen LogP contribution in [0.1, 0.15) is 28.7 Å². The van der Waals surface area contributed by atoms with E-state index in [0.29, 0.717) is 17.0 Å². The number of aromatic nitrogens is 4. The van der Waals surface area contributed by atoms with Gasteiger partial charge in [-0.15, -0.1) is 0 Å². The molecule has 2 aromatic heterocycles. The summed E-state index contributed by atoms with van der Waals surface area (Å²) in [5, 5.41) is 24.4. The Balaban J connectivity index is 1.31. The molecule has 4 aromatic rings. The van der Waals surface area contributed by atoms with E-state index in [1.54, 1.807) is 6.92 Å². The summed E-state index contributed by atoms with van der Waals surface area (Å²) in [5.74, 6) is 0.617. The zero-order valence-corrected chi connectivity index (χ0v) is 22.4. The van der Waals surface area contributed by atoms with E-state index in [2.05, 4.69) is 20.0 Å². The number of benzene rings is 2. The van der Waals surface area contributed by atoms with Crippen LogP contribution in [-0.2, 0) is 31.5 Å². The normalized spacial score (nSPS) is 22.8. The molecule has 13 heteroatoms. The smallest absolute Gasteiger partial charge is 0.387 e. The number of hydrogen-bond acceptors (Lipinski definition) is 10. The SMILES string of the molecule is Cc1nc(N)c2ncn(C3OC(COP(=O)(NCc4ccccc4)OCc4ccccc4C)C(O)C3O)c2n1. The van der Waals surface area contributed by atoms with Crippen LogP contribution in [0.25, 0.3) is 11.2 Å². The molecule has 1 aliphatic rings. The second-order valence-electron chi connectivity index (χ2n) is 9.34. The number of nitrogens with zero attached hydrogens (tertiary/aromatic N) is 4. The zero-order valence-electron chi connectivity index (χ0n) is 21.5. The number of ether oxygens (including phenoxy) is 1. The topological polar surface area (TPSA) is 167 Å². The summed E-state index contributed by atoms with van der Waals surface area (Å²) in [6.45, 7) is 3.58. The van der Waals surface area contributed by atoms with E-state index in [9.17, 15) is 14.8 Å². The molecule has 0 aliphatic carbocycles. The van der Waals surface area contributed by atoms with Crippen LogP contribution in [0.2, 0.25) is 0 Å². The molecule has 0 radical (unpaired) electrons. The van der Waals surface area contributed by atoms with Gasteiger partial charge in [0.15, 0.2) is 17.7 Å². The minimum absolute atomic E-state index is 0.0482. The minimum atomic E-state index is -3.88. The lowest BCUT2D eigenvalue weighted by atomic mass is 10.1. The molecule has 0 amide bonds. The van der Waals surface area contributed by atoms with E-state index in [0.717, 1.165) is 16.7 Å². The molecule has 3 heterocycles. The van der Waals surface area contributed by atoms with Crippen LogP contribution >= 0.6 is 7.75 Å². The predicted molar refractivity (Wildman–Crippen MR) is 143 cm³/mol. The fourth-order valence-electron chi connectivity index (χ4n) is 4.35. The molecule has 1 fully saturated rings. The molecule has 1 aliphatic heterocycles. The summed E-state index contributed by atoms with van der Waals surface area (Å²) < 4.78 is 32.8. The highest BCUT2D eigenvalue weighted by molar-refractivity contribution is 7.51. The molecule has 5 unspecified atom stereocenters. The van der Waals surface area contributed by atoms with Gasteiger partial charge in [-0.3, -0.25) is 13.6 Å². The van der Waals surface area contributed by atoms with Crippen LogP contribution < -0.4 is 10.8 Å². The van der Waals surface area contributed by atoms with Crippen molar-refractivity contribution in [3.05, 3.63) is 83.4 Å². The van der Waals surface area contributed by atoms with Crippen molar-refractivity contribution in [3.8, 4) is 0 Å². The number of fused-ring (bicyclic) bond motifs is 1. The summed E-state index contributed by atoms with van der Waals surface area (Å²) in [6.07, 6.45) is -3.31. The summed E-state index contributed by atoms with van der Waals surface area (Å²) in [6, 6.07) is 17.0. The first-order chi connectivity index (χ1) is 18.7. The van der Waals surface area contributed by atoms with E-state index in [1.165, 1.54) is 10.9 Å². The summed E-state index contributed by atoms with van der Waals surface area (Å²) in [5.41, 5.74) is 9.39. The van der Waals surface area contributed by atoms with Gasteiger partial charge in [-0.25, -0.2) is 24.6 Å². The highest BCUT2D eigenvalue weighted by atomic mass is 31.2. The Morgan fingerprint density at radius 3 is 2.56 bits per heavy atom. The molecular formula is C26H31N6O6P. The van der Waals surface area contributed by atoms with Gasteiger partial charge >= 0.3 is 7.75 Å². The van der Waals surface area contributed by atoms with E-state index in [4.69, 9.17) is 19.5 Å². The molecule has 5 N–H and O–H groups in total. The number of aliphatic hydroxyl groups excluding tert-OH is 2. The molecule has 39 heavy (non-hydrogen) atoms. The lowest BCUT2D eigenvalue weighted by Gasteiger charge is -2.22. The minimum Gasteiger partial charge on any atom is -0.387 e. The van der Waals surface area contributed by atoms with Gasteiger partial charge in [0, 0.05) is 6.54 Å². The van der Waals surface area contributed by atoms with Gasteiger partial charge in [0.25, 0.3) is 0 Å². The highest BCUT2D eigenvalue weighted by Gasteiger charge is 2.45. The maximum absolute atomic E-state index is 13.8. The molecule has 12 nitrogen and oxygen atoms in total. The maximum atomic E-state index is 13.8. The fraction of sp³-hybridized carbons (Fsp3) is 0.346. The number of rotatable bonds is 10. The first kappa shape index (κ1) is 27.4. The highest BCUT2D eigenvalue weighted by Crippen LogP contribution is 2.46. The number of nitrogens with one attached hydrogen (secondary N) is 1. The molecule has 0 spiro atoms. The van der Waals surface area contributed by atoms with Crippen molar-refractivity contribution in [3.63, 3.8) is 0 Å². The Morgan fingerprint density at radius 1 is 1.05 bits per heavy atom. The van der Waals surface area contributed by atoms with Crippen molar-refractivity contribution < 1.29 is 28.6 Å². The molecule has 0 bridgehead atoms. The van der Waals surface area contributed by atoms with Gasteiger partial charge in [0.2, 0.25) is 0 Å². The van der Waals surface area contributed by atoms with E-state index >= 15 is 0 Å². The quantitative estimate of drug-likeness (QED) is 0.213. The lowest BCUT2D eigenvalue weighted by Crippen LogP contribution is -2.34. The first-order valence-corrected chi connectivity index (χ1v) is 14.0. The maximum Gasteiger partial charge on any atom is 0.406 e. The van der Waals surface area contributed by atoms with Gasteiger partial charge in [-0.1, -0.05) is 54.6 Å². The number of aryl methyl sites for hydroxylation is 2. The van der Waals surface area contributed by atoms with Crippen molar-refractivity contribution in [2.45, 2.75) is 51.5 Å². The summed E-state index contributed by atoms with van der Waals surface area (Å²) in [4.78, 5) is 12.7. The number of nitrogen functional groups attached to an aromatic ring is 1. The Bertz CT molecular complexity index is 1480. The third-order valence-electron chi connectivity index (χ3n) is 6.55. The van der Waals surface area contributed by atoms with E-state index < -0.39 is 32.3 Å². The van der Waals surface area contributed by atoms with Gasteiger partial charge in [0.1, 0.15) is 29.7 Å². The third kappa shape index (κ3) is 6.02. The monoisotopic (exact) mass is 554 g/mol. The molecule has 2 aromatic carbocycles. The van der Waals surface area contributed by atoms with E-state index in [1.807, 2.05) is 61.5 Å². The fourth-order valence-corrected chi connectivity index (χ4v) is 5.63. The van der Waals surface area contributed by atoms with Crippen molar-refractivity contribution in [2.75, 3.05) is 12.3 Å². The zero-order chi connectivity index (χ0) is 27.6. The molecule has 5 rings (SSSR count). The Labute approximate surface area is 225 Å².